The molecule has 2 aliphatic heterocycles. The first-order chi connectivity index (χ1) is 10.7. The number of likely N-dealkylation sites (tertiary alicyclic amines) is 1. The van der Waals surface area contributed by atoms with E-state index < -0.39 is 0 Å². The Hall–Kier alpha value is -0.810. The van der Waals surface area contributed by atoms with Gasteiger partial charge >= 0.3 is 0 Å². The first-order valence-corrected chi connectivity index (χ1v) is 9.01. The highest BCUT2D eigenvalue weighted by Crippen LogP contribution is 2.34. The van der Waals surface area contributed by atoms with Crippen molar-refractivity contribution in [3.63, 3.8) is 0 Å². The highest BCUT2D eigenvalue weighted by molar-refractivity contribution is 5.85. The molecular formula is C17H30ClN3O2. The second-order valence-electron chi connectivity index (χ2n) is 7.12. The second kappa shape index (κ2) is 8.34. The number of hydrogen-bond donors (Lipinski definition) is 2. The fourth-order valence-electron chi connectivity index (χ4n) is 4.44. The Labute approximate surface area is 145 Å². The van der Waals surface area contributed by atoms with E-state index in [4.69, 9.17) is 0 Å². The molecule has 1 aliphatic carbocycles. The molecule has 23 heavy (non-hydrogen) atoms. The van der Waals surface area contributed by atoms with E-state index in [9.17, 15) is 9.59 Å². The van der Waals surface area contributed by atoms with Crippen LogP contribution in [-0.2, 0) is 9.59 Å². The van der Waals surface area contributed by atoms with Gasteiger partial charge in [-0.3, -0.25) is 9.59 Å². The molecule has 4 atom stereocenters. The molecule has 3 fully saturated rings. The van der Waals surface area contributed by atoms with Crippen molar-refractivity contribution in [3.05, 3.63) is 0 Å². The molecule has 5 nitrogen and oxygen atoms in total. The number of carbonyl (C=O) groups excluding carboxylic acids is 2. The molecule has 0 spiro atoms. The summed E-state index contributed by atoms with van der Waals surface area (Å²) in [6, 6.07) is 0.535. The summed E-state index contributed by atoms with van der Waals surface area (Å²) in [5, 5.41) is 6.46. The van der Waals surface area contributed by atoms with Gasteiger partial charge in [0.05, 0.1) is 12.0 Å². The zero-order valence-electron chi connectivity index (χ0n) is 14.1. The van der Waals surface area contributed by atoms with Gasteiger partial charge in [-0.05, 0) is 44.9 Å². The largest absolute Gasteiger partial charge is 0.356 e. The first kappa shape index (κ1) is 18.5. The van der Waals surface area contributed by atoms with E-state index in [2.05, 4.69) is 10.6 Å². The van der Waals surface area contributed by atoms with Crippen LogP contribution in [0.15, 0.2) is 0 Å². The van der Waals surface area contributed by atoms with Gasteiger partial charge in [0.1, 0.15) is 0 Å². The van der Waals surface area contributed by atoms with Gasteiger partial charge in [0.25, 0.3) is 0 Å². The molecule has 132 valence electrons. The van der Waals surface area contributed by atoms with Gasteiger partial charge in [0.2, 0.25) is 11.8 Å². The molecule has 6 heteroatoms. The smallest absolute Gasteiger partial charge is 0.239 e. The molecule has 3 rings (SSSR count). The van der Waals surface area contributed by atoms with Crippen LogP contribution in [0.3, 0.4) is 0 Å². The van der Waals surface area contributed by atoms with E-state index >= 15 is 0 Å². The van der Waals surface area contributed by atoms with Gasteiger partial charge in [0.15, 0.2) is 0 Å². The predicted octanol–water partition coefficient (Wildman–Crippen LogP) is 1.70. The summed E-state index contributed by atoms with van der Waals surface area (Å²) in [6.07, 6.45) is 7.92. The minimum Gasteiger partial charge on any atom is -0.356 e. The molecule has 0 aromatic rings. The molecule has 4 unspecified atom stereocenters. The van der Waals surface area contributed by atoms with Crippen molar-refractivity contribution >= 4 is 24.2 Å². The molecule has 1 saturated carbocycles. The standard InChI is InChI=1S/C17H29N3O2.ClH/c1-2-18-16(21)13-7-5-9-20(11-13)17(22)15-10-12-6-3-4-8-14(12)19-15;/h12-15,19H,2-11H2,1H3,(H,18,21);1H. The van der Waals surface area contributed by atoms with Gasteiger partial charge in [-0.25, -0.2) is 0 Å². The summed E-state index contributed by atoms with van der Waals surface area (Å²) in [6.45, 7) is 4.01. The van der Waals surface area contributed by atoms with E-state index in [1.54, 1.807) is 0 Å². The summed E-state index contributed by atoms with van der Waals surface area (Å²) in [5.74, 6) is 0.990. The third kappa shape index (κ3) is 4.18. The monoisotopic (exact) mass is 343 g/mol. The minimum absolute atomic E-state index is 0. The van der Waals surface area contributed by atoms with Crippen LogP contribution < -0.4 is 10.6 Å². The van der Waals surface area contributed by atoms with Crippen LogP contribution in [0, 0.1) is 11.8 Å². The van der Waals surface area contributed by atoms with E-state index in [0.717, 1.165) is 25.8 Å². The summed E-state index contributed by atoms with van der Waals surface area (Å²) in [5.41, 5.74) is 0. The maximum Gasteiger partial charge on any atom is 0.239 e. The van der Waals surface area contributed by atoms with Crippen LogP contribution in [-0.4, -0.2) is 48.4 Å². The molecule has 2 saturated heterocycles. The van der Waals surface area contributed by atoms with Crippen LogP contribution in [0.25, 0.3) is 0 Å². The number of halogens is 1. The van der Waals surface area contributed by atoms with Crippen molar-refractivity contribution in [2.75, 3.05) is 19.6 Å². The van der Waals surface area contributed by atoms with Crippen molar-refractivity contribution in [2.45, 2.75) is 64.0 Å². The van der Waals surface area contributed by atoms with Crippen molar-refractivity contribution < 1.29 is 9.59 Å². The molecule has 0 aromatic carbocycles. The molecular weight excluding hydrogens is 314 g/mol. The Morgan fingerprint density at radius 2 is 1.96 bits per heavy atom. The predicted molar refractivity (Wildman–Crippen MR) is 92.5 cm³/mol. The van der Waals surface area contributed by atoms with Crippen molar-refractivity contribution in [3.8, 4) is 0 Å². The Bertz CT molecular complexity index is 418. The van der Waals surface area contributed by atoms with Crippen molar-refractivity contribution in [1.82, 2.24) is 15.5 Å². The SMILES string of the molecule is CCNC(=O)C1CCCN(C(=O)C2CC3CCCCC3N2)C1.Cl. The van der Waals surface area contributed by atoms with E-state index in [-0.39, 0.29) is 36.2 Å². The van der Waals surface area contributed by atoms with Crippen molar-refractivity contribution in [2.24, 2.45) is 11.8 Å². The molecule has 0 aromatic heterocycles. The van der Waals surface area contributed by atoms with E-state index in [1.165, 1.54) is 25.7 Å². The fraction of sp³-hybridized carbons (Fsp3) is 0.882. The topological polar surface area (TPSA) is 61.4 Å². The Morgan fingerprint density at radius 1 is 1.17 bits per heavy atom. The average Bonchev–Trinajstić information content (AvgIpc) is 2.98. The summed E-state index contributed by atoms with van der Waals surface area (Å²) >= 11 is 0. The maximum atomic E-state index is 12.8. The van der Waals surface area contributed by atoms with E-state index in [1.807, 2.05) is 11.8 Å². The first-order valence-electron chi connectivity index (χ1n) is 9.01. The number of carbonyl (C=O) groups is 2. The van der Waals surface area contributed by atoms with Gasteiger partial charge in [0, 0.05) is 25.7 Å². The van der Waals surface area contributed by atoms with Crippen LogP contribution in [0.1, 0.15) is 51.9 Å². The number of amides is 2. The van der Waals surface area contributed by atoms with Crippen molar-refractivity contribution in [1.29, 1.82) is 0 Å². The number of nitrogens with zero attached hydrogens (tertiary/aromatic N) is 1. The molecule has 0 radical (unpaired) electrons. The molecule has 2 heterocycles. The summed E-state index contributed by atoms with van der Waals surface area (Å²) in [7, 11) is 0. The lowest BCUT2D eigenvalue weighted by Gasteiger charge is -2.33. The number of hydrogen-bond acceptors (Lipinski definition) is 3. The number of piperidine rings is 1. The van der Waals surface area contributed by atoms with Crippen LogP contribution in [0.2, 0.25) is 0 Å². The summed E-state index contributed by atoms with van der Waals surface area (Å²) in [4.78, 5) is 26.8. The Kier molecular flexibility index (Phi) is 6.72. The lowest BCUT2D eigenvalue weighted by Crippen LogP contribution is -2.51. The number of rotatable bonds is 3. The van der Waals surface area contributed by atoms with Crippen LogP contribution >= 0.6 is 12.4 Å². The molecule has 3 aliphatic rings. The average molecular weight is 344 g/mol. The van der Waals surface area contributed by atoms with Gasteiger partial charge < -0.3 is 15.5 Å². The fourth-order valence-corrected chi connectivity index (χ4v) is 4.44. The van der Waals surface area contributed by atoms with Gasteiger partial charge in [-0.15, -0.1) is 12.4 Å². The highest BCUT2D eigenvalue weighted by atomic mass is 35.5. The normalized spacial score (nSPS) is 33.5. The molecule has 2 N–H and O–H groups in total. The third-order valence-electron chi connectivity index (χ3n) is 5.62. The summed E-state index contributed by atoms with van der Waals surface area (Å²) < 4.78 is 0. The lowest BCUT2D eigenvalue weighted by atomic mass is 9.85. The number of fused-ring (bicyclic) bond motifs is 1. The van der Waals surface area contributed by atoms with E-state index in [0.29, 0.717) is 25.0 Å². The Morgan fingerprint density at radius 3 is 2.70 bits per heavy atom. The van der Waals surface area contributed by atoms with Gasteiger partial charge in [-0.1, -0.05) is 12.8 Å². The lowest BCUT2D eigenvalue weighted by molar-refractivity contribution is -0.137. The number of nitrogens with one attached hydrogen (secondary N) is 2. The maximum absolute atomic E-state index is 12.8. The zero-order valence-corrected chi connectivity index (χ0v) is 14.9. The molecule has 2 amide bonds. The highest BCUT2D eigenvalue weighted by Gasteiger charge is 2.40. The third-order valence-corrected chi connectivity index (χ3v) is 5.62. The Balaban J connectivity index is 0.00000192. The van der Waals surface area contributed by atoms with Crippen LogP contribution in [0.4, 0.5) is 0 Å². The van der Waals surface area contributed by atoms with Gasteiger partial charge in [-0.2, -0.15) is 0 Å². The van der Waals surface area contributed by atoms with Crippen LogP contribution in [0.5, 0.6) is 0 Å². The zero-order chi connectivity index (χ0) is 15.5. The minimum atomic E-state index is -0.0265. The second-order valence-corrected chi connectivity index (χ2v) is 7.12. The quantitative estimate of drug-likeness (QED) is 0.820. The molecule has 0 bridgehead atoms.